The Labute approximate surface area is 169 Å². The van der Waals surface area contributed by atoms with Gasteiger partial charge in [-0.05, 0) is 35.9 Å². The van der Waals surface area contributed by atoms with Crippen molar-refractivity contribution in [3.63, 3.8) is 0 Å². The molecule has 1 aromatic heterocycles. The van der Waals surface area contributed by atoms with Gasteiger partial charge >= 0.3 is 5.97 Å². The number of hydrogen-bond donors (Lipinski definition) is 0. The van der Waals surface area contributed by atoms with E-state index < -0.39 is 5.97 Å². The molecule has 1 heterocycles. The molecule has 0 aliphatic rings. The van der Waals surface area contributed by atoms with Gasteiger partial charge < -0.3 is 9.30 Å². The number of aromatic nitrogens is 2. The van der Waals surface area contributed by atoms with E-state index in [-0.39, 0.29) is 0 Å². The molecule has 0 saturated heterocycles. The van der Waals surface area contributed by atoms with E-state index in [1.165, 1.54) is 0 Å². The molecule has 0 fully saturated rings. The van der Waals surface area contributed by atoms with Gasteiger partial charge in [0.05, 0.1) is 16.6 Å². The Kier molecular flexibility index (Phi) is 5.34. The predicted octanol–water partition coefficient (Wildman–Crippen LogP) is 5.37. The Bertz CT molecular complexity index is 1180. The molecule has 4 nitrogen and oxygen atoms in total. The number of carbonyl (C=O) groups is 1. The van der Waals surface area contributed by atoms with Crippen LogP contribution in [0.2, 0.25) is 0 Å². The van der Waals surface area contributed by atoms with Gasteiger partial charge in [0.15, 0.2) is 0 Å². The molecular formula is C25H20N2O2. The third-order valence-corrected chi connectivity index (χ3v) is 4.53. The second-order valence-electron chi connectivity index (χ2n) is 6.48. The Balaban J connectivity index is 1.82. The number of rotatable bonds is 6. The van der Waals surface area contributed by atoms with Crippen LogP contribution in [0.25, 0.3) is 22.7 Å². The Morgan fingerprint density at radius 3 is 2.31 bits per heavy atom. The second kappa shape index (κ2) is 8.40. The van der Waals surface area contributed by atoms with Crippen molar-refractivity contribution in [3.8, 4) is 5.75 Å². The number of fused-ring (bicyclic) bond motifs is 1. The van der Waals surface area contributed by atoms with E-state index in [1.54, 1.807) is 18.2 Å². The van der Waals surface area contributed by atoms with E-state index in [9.17, 15) is 4.79 Å². The van der Waals surface area contributed by atoms with Crippen LogP contribution < -0.4 is 4.74 Å². The van der Waals surface area contributed by atoms with Crippen LogP contribution in [0.3, 0.4) is 0 Å². The highest BCUT2D eigenvalue weighted by Crippen LogP contribution is 2.24. The second-order valence-corrected chi connectivity index (χ2v) is 6.48. The Hall–Kier alpha value is -3.92. The average molecular weight is 380 g/mol. The third-order valence-electron chi connectivity index (χ3n) is 4.53. The topological polar surface area (TPSA) is 44.1 Å². The number of nitrogens with zero attached hydrogens (tertiary/aromatic N) is 2. The highest BCUT2D eigenvalue weighted by molar-refractivity contribution is 6.22. The molecule has 0 saturated carbocycles. The molecule has 0 bridgehead atoms. The maximum Gasteiger partial charge on any atom is 0.344 e. The summed E-state index contributed by atoms with van der Waals surface area (Å²) in [5, 5.41) is 0. The molecule has 0 aliphatic heterocycles. The van der Waals surface area contributed by atoms with E-state index in [2.05, 4.69) is 6.58 Å². The minimum Gasteiger partial charge on any atom is -0.423 e. The summed E-state index contributed by atoms with van der Waals surface area (Å²) in [6.07, 6.45) is 3.60. The molecule has 0 N–H and O–H groups in total. The van der Waals surface area contributed by atoms with E-state index >= 15 is 0 Å². The van der Waals surface area contributed by atoms with Crippen LogP contribution in [0, 0.1) is 0 Å². The summed E-state index contributed by atoms with van der Waals surface area (Å²) in [6.45, 7) is 4.44. The molecule has 142 valence electrons. The number of para-hydroxylation sites is 3. The molecule has 0 unspecified atom stereocenters. The molecule has 0 atom stereocenters. The molecule has 3 aromatic carbocycles. The lowest BCUT2D eigenvalue weighted by Gasteiger charge is -2.09. The molecule has 0 spiro atoms. The van der Waals surface area contributed by atoms with Crippen molar-refractivity contribution < 1.29 is 9.53 Å². The van der Waals surface area contributed by atoms with Crippen LogP contribution in [0.1, 0.15) is 11.4 Å². The van der Waals surface area contributed by atoms with Crippen molar-refractivity contribution in [3.05, 3.63) is 109 Å². The smallest absolute Gasteiger partial charge is 0.344 e. The molecule has 4 heteroatoms. The normalized spacial score (nSPS) is 11.4. The van der Waals surface area contributed by atoms with Crippen molar-refractivity contribution in [2.45, 2.75) is 6.54 Å². The van der Waals surface area contributed by atoms with Crippen molar-refractivity contribution in [2.24, 2.45) is 0 Å². The highest BCUT2D eigenvalue weighted by Gasteiger charge is 2.17. The fourth-order valence-electron chi connectivity index (χ4n) is 3.18. The zero-order chi connectivity index (χ0) is 20.1. The van der Waals surface area contributed by atoms with Gasteiger partial charge in [-0.1, -0.05) is 66.7 Å². The van der Waals surface area contributed by atoms with Crippen molar-refractivity contribution in [2.75, 3.05) is 0 Å². The summed E-state index contributed by atoms with van der Waals surface area (Å²) in [5.41, 5.74) is 3.06. The van der Waals surface area contributed by atoms with Crippen molar-refractivity contribution >= 4 is 28.7 Å². The molecular weight excluding hydrogens is 360 g/mol. The number of hydrogen-bond acceptors (Lipinski definition) is 3. The van der Waals surface area contributed by atoms with Gasteiger partial charge in [-0.2, -0.15) is 0 Å². The van der Waals surface area contributed by atoms with Gasteiger partial charge in [0.25, 0.3) is 0 Å². The first kappa shape index (κ1) is 18.4. The number of benzene rings is 3. The Morgan fingerprint density at radius 1 is 0.931 bits per heavy atom. The lowest BCUT2D eigenvalue weighted by Crippen LogP contribution is -2.11. The predicted molar refractivity (Wildman–Crippen MR) is 116 cm³/mol. The van der Waals surface area contributed by atoms with Crippen LogP contribution in [0.4, 0.5) is 0 Å². The van der Waals surface area contributed by atoms with Crippen LogP contribution in [0.5, 0.6) is 5.75 Å². The average Bonchev–Trinajstić information content (AvgIpc) is 3.11. The zero-order valence-electron chi connectivity index (χ0n) is 15.9. The van der Waals surface area contributed by atoms with Crippen molar-refractivity contribution in [1.82, 2.24) is 9.55 Å². The lowest BCUT2D eigenvalue weighted by atomic mass is 10.1. The number of imidazole rings is 1. The van der Waals surface area contributed by atoms with Gasteiger partial charge in [-0.15, -0.1) is 6.58 Å². The minimum absolute atomic E-state index is 0.431. The zero-order valence-corrected chi connectivity index (χ0v) is 15.9. The number of ether oxygens (including phenoxy) is 1. The first-order valence-corrected chi connectivity index (χ1v) is 9.37. The summed E-state index contributed by atoms with van der Waals surface area (Å²) < 4.78 is 7.64. The number of carbonyl (C=O) groups excluding carboxylic acids is 1. The summed E-state index contributed by atoms with van der Waals surface area (Å²) in [5.74, 6) is 0.744. The van der Waals surface area contributed by atoms with E-state index in [0.717, 1.165) is 16.6 Å². The SMILES string of the molecule is C=CCn1c(/C=C(\C(=O)Oc2ccccc2)c2ccccc2)nc2ccccc21. The third kappa shape index (κ3) is 4.01. The largest absolute Gasteiger partial charge is 0.423 e. The quantitative estimate of drug-likeness (QED) is 0.196. The van der Waals surface area contributed by atoms with Crippen molar-refractivity contribution in [1.29, 1.82) is 0 Å². The van der Waals surface area contributed by atoms with Gasteiger partial charge in [-0.25, -0.2) is 9.78 Å². The van der Waals surface area contributed by atoms with Crippen LogP contribution in [-0.4, -0.2) is 15.5 Å². The minimum atomic E-state index is -0.431. The van der Waals surface area contributed by atoms with E-state index in [0.29, 0.717) is 23.7 Å². The van der Waals surface area contributed by atoms with Gasteiger partial charge in [0.1, 0.15) is 11.6 Å². The van der Waals surface area contributed by atoms with Gasteiger partial charge in [0.2, 0.25) is 0 Å². The summed E-state index contributed by atoms with van der Waals surface area (Å²) in [6, 6.07) is 26.4. The van der Waals surface area contributed by atoms with Crippen LogP contribution in [0.15, 0.2) is 97.6 Å². The Morgan fingerprint density at radius 2 is 1.59 bits per heavy atom. The molecule has 4 rings (SSSR count). The summed E-state index contributed by atoms with van der Waals surface area (Å²) in [7, 11) is 0. The van der Waals surface area contributed by atoms with E-state index in [4.69, 9.17) is 9.72 Å². The number of esters is 1. The van der Waals surface area contributed by atoms with Gasteiger partial charge in [-0.3, -0.25) is 0 Å². The van der Waals surface area contributed by atoms with Crippen LogP contribution >= 0.6 is 0 Å². The highest BCUT2D eigenvalue weighted by atomic mass is 16.5. The molecule has 29 heavy (non-hydrogen) atoms. The molecule has 0 radical (unpaired) electrons. The fraction of sp³-hybridized carbons (Fsp3) is 0.0400. The standard InChI is InChI=1S/C25H20N2O2/c1-2-17-27-23-16-10-9-15-22(23)26-24(27)18-21(19-11-5-3-6-12-19)25(28)29-20-13-7-4-8-14-20/h2-16,18H,1,17H2/b21-18-. The summed E-state index contributed by atoms with van der Waals surface area (Å²) >= 11 is 0. The molecule has 0 aliphatic carbocycles. The monoisotopic (exact) mass is 380 g/mol. The maximum atomic E-state index is 13.1. The van der Waals surface area contributed by atoms with E-state index in [1.807, 2.05) is 83.4 Å². The van der Waals surface area contributed by atoms with Crippen LogP contribution in [-0.2, 0) is 11.3 Å². The summed E-state index contributed by atoms with van der Waals surface area (Å²) in [4.78, 5) is 17.8. The first-order chi connectivity index (χ1) is 14.3. The van der Waals surface area contributed by atoms with Gasteiger partial charge in [0, 0.05) is 6.54 Å². The molecule has 4 aromatic rings. The molecule has 0 amide bonds. The lowest BCUT2D eigenvalue weighted by molar-refractivity contribution is -0.127. The first-order valence-electron chi connectivity index (χ1n) is 9.37. The maximum absolute atomic E-state index is 13.1. The number of allylic oxidation sites excluding steroid dienone is 1. The fourth-order valence-corrected chi connectivity index (χ4v) is 3.18.